The van der Waals surface area contributed by atoms with Crippen LogP contribution in [0, 0.1) is 11.8 Å². The molecule has 0 fully saturated rings. The Labute approximate surface area is 119 Å². The maximum atomic E-state index is 12.2. The van der Waals surface area contributed by atoms with E-state index in [-0.39, 0.29) is 5.91 Å². The van der Waals surface area contributed by atoms with Gasteiger partial charge in [-0.25, -0.2) is 0 Å². The van der Waals surface area contributed by atoms with E-state index in [2.05, 4.69) is 21.2 Å². The quantitative estimate of drug-likeness (QED) is 0.840. The zero-order valence-corrected chi connectivity index (χ0v) is 11.8. The second-order valence-electron chi connectivity index (χ2n) is 4.46. The molecule has 1 aliphatic rings. The van der Waals surface area contributed by atoms with Crippen molar-refractivity contribution in [1.82, 2.24) is 0 Å². The number of carbonyl (C=O) groups excluding carboxylic acids is 1. The van der Waals surface area contributed by atoms with Crippen LogP contribution >= 0.6 is 15.9 Å². The second-order valence-corrected chi connectivity index (χ2v) is 5.32. The van der Waals surface area contributed by atoms with E-state index in [4.69, 9.17) is 5.11 Å². The monoisotopic (exact) mass is 323 g/mol. The molecule has 0 radical (unpaired) electrons. The fraction of sp³-hybridized carbons (Fsp3) is 0.286. The van der Waals surface area contributed by atoms with Gasteiger partial charge in [0.1, 0.15) is 0 Å². The van der Waals surface area contributed by atoms with E-state index in [1.807, 2.05) is 30.4 Å². The van der Waals surface area contributed by atoms with E-state index in [0.29, 0.717) is 18.5 Å². The molecule has 19 heavy (non-hydrogen) atoms. The van der Waals surface area contributed by atoms with Gasteiger partial charge in [-0.3, -0.25) is 9.59 Å². The van der Waals surface area contributed by atoms with Crippen LogP contribution in [0.3, 0.4) is 0 Å². The largest absolute Gasteiger partial charge is 0.481 e. The van der Waals surface area contributed by atoms with Crippen molar-refractivity contribution in [3.63, 3.8) is 0 Å². The Kier molecular flexibility index (Phi) is 4.37. The molecule has 2 rings (SSSR count). The molecule has 0 aliphatic heterocycles. The number of amides is 1. The van der Waals surface area contributed by atoms with E-state index >= 15 is 0 Å². The average Bonchev–Trinajstić information content (AvgIpc) is 2.41. The smallest absolute Gasteiger partial charge is 0.307 e. The number of benzene rings is 1. The number of carboxylic acids is 1. The van der Waals surface area contributed by atoms with Crippen LogP contribution in [0.15, 0.2) is 40.9 Å². The SMILES string of the molecule is O=C(O)[C@H]1CC=CC[C@H]1C(=O)Nc1ccccc1Br. The Bertz CT molecular complexity index is 527. The number of para-hydroxylation sites is 1. The molecular weight excluding hydrogens is 310 g/mol. The normalized spacial score (nSPS) is 21.9. The Morgan fingerprint density at radius 1 is 1.16 bits per heavy atom. The van der Waals surface area contributed by atoms with E-state index < -0.39 is 17.8 Å². The van der Waals surface area contributed by atoms with E-state index in [0.717, 1.165) is 4.47 Å². The number of hydrogen-bond donors (Lipinski definition) is 2. The van der Waals surface area contributed by atoms with Crippen molar-refractivity contribution in [2.24, 2.45) is 11.8 Å². The summed E-state index contributed by atoms with van der Waals surface area (Å²) in [6, 6.07) is 7.26. The number of nitrogens with one attached hydrogen (secondary N) is 1. The predicted octanol–water partition coefficient (Wildman–Crippen LogP) is 3.05. The number of halogens is 1. The highest BCUT2D eigenvalue weighted by Gasteiger charge is 2.34. The molecule has 0 saturated carbocycles. The Morgan fingerprint density at radius 2 is 1.79 bits per heavy atom. The highest BCUT2D eigenvalue weighted by Crippen LogP contribution is 2.28. The lowest BCUT2D eigenvalue weighted by molar-refractivity contribution is -0.146. The van der Waals surface area contributed by atoms with E-state index in [1.165, 1.54) is 0 Å². The number of carbonyl (C=O) groups is 2. The van der Waals surface area contributed by atoms with Gasteiger partial charge in [-0.2, -0.15) is 0 Å². The van der Waals surface area contributed by atoms with Gasteiger partial charge in [0.15, 0.2) is 0 Å². The van der Waals surface area contributed by atoms with Gasteiger partial charge in [0.2, 0.25) is 5.91 Å². The average molecular weight is 324 g/mol. The van der Waals surface area contributed by atoms with Gasteiger partial charge < -0.3 is 10.4 Å². The van der Waals surface area contributed by atoms with Crippen LogP contribution in [0.5, 0.6) is 0 Å². The fourth-order valence-electron chi connectivity index (χ4n) is 2.16. The third kappa shape index (κ3) is 3.23. The number of aliphatic carboxylic acids is 1. The molecule has 0 spiro atoms. The molecule has 4 nitrogen and oxygen atoms in total. The Morgan fingerprint density at radius 3 is 2.42 bits per heavy atom. The van der Waals surface area contributed by atoms with Crippen LogP contribution in [0.4, 0.5) is 5.69 Å². The van der Waals surface area contributed by atoms with Crippen LogP contribution < -0.4 is 5.32 Å². The third-order valence-corrected chi connectivity index (χ3v) is 3.91. The number of carboxylic acid groups (broad SMARTS) is 1. The molecule has 1 aliphatic carbocycles. The molecule has 0 saturated heterocycles. The van der Waals surface area contributed by atoms with Crippen molar-refractivity contribution in [2.75, 3.05) is 5.32 Å². The first-order valence-corrected chi connectivity index (χ1v) is 6.82. The first-order valence-electron chi connectivity index (χ1n) is 6.03. The lowest BCUT2D eigenvalue weighted by atomic mass is 9.82. The molecule has 5 heteroatoms. The third-order valence-electron chi connectivity index (χ3n) is 3.22. The highest BCUT2D eigenvalue weighted by molar-refractivity contribution is 9.10. The first kappa shape index (κ1) is 13.8. The molecule has 1 amide bonds. The van der Waals surface area contributed by atoms with Crippen LogP contribution in [-0.2, 0) is 9.59 Å². The van der Waals surface area contributed by atoms with Crippen molar-refractivity contribution in [3.05, 3.63) is 40.9 Å². The molecule has 1 aromatic rings. The zero-order valence-electron chi connectivity index (χ0n) is 10.2. The maximum Gasteiger partial charge on any atom is 0.307 e. The van der Waals surface area contributed by atoms with E-state index in [9.17, 15) is 9.59 Å². The number of hydrogen-bond acceptors (Lipinski definition) is 2. The van der Waals surface area contributed by atoms with Crippen molar-refractivity contribution >= 4 is 33.5 Å². The van der Waals surface area contributed by atoms with Gasteiger partial charge in [-0.1, -0.05) is 24.3 Å². The summed E-state index contributed by atoms with van der Waals surface area (Å²) >= 11 is 3.35. The minimum atomic E-state index is -0.920. The lowest BCUT2D eigenvalue weighted by Crippen LogP contribution is -2.34. The summed E-state index contributed by atoms with van der Waals surface area (Å²) in [6.45, 7) is 0. The summed E-state index contributed by atoms with van der Waals surface area (Å²) in [5, 5.41) is 11.9. The molecule has 100 valence electrons. The molecule has 0 aromatic heterocycles. The van der Waals surface area contributed by atoms with E-state index in [1.54, 1.807) is 6.07 Å². The maximum absolute atomic E-state index is 12.2. The van der Waals surface area contributed by atoms with Crippen LogP contribution in [0.25, 0.3) is 0 Å². The van der Waals surface area contributed by atoms with Gasteiger partial charge in [0.25, 0.3) is 0 Å². The topological polar surface area (TPSA) is 66.4 Å². The first-order chi connectivity index (χ1) is 9.09. The summed E-state index contributed by atoms with van der Waals surface area (Å²) in [5.41, 5.74) is 0.659. The Hall–Kier alpha value is -1.62. The summed E-state index contributed by atoms with van der Waals surface area (Å²) in [7, 11) is 0. The van der Waals surface area contributed by atoms with Crippen molar-refractivity contribution in [3.8, 4) is 0 Å². The molecule has 0 unspecified atom stereocenters. The van der Waals surface area contributed by atoms with Crippen LogP contribution in [0.2, 0.25) is 0 Å². The standard InChI is InChI=1S/C14H14BrNO3/c15-11-7-3-4-8-12(11)16-13(17)9-5-1-2-6-10(9)14(18)19/h1-4,7-10H,5-6H2,(H,16,17)(H,18,19)/t9-,10+/m1/s1. The second kappa shape index (κ2) is 6.02. The summed E-state index contributed by atoms with van der Waals surface area (Å²) in [4.78, 5) is 23.4. The summed E-state index contributed by atoms with van der Waals surface area (Å²) in [5.74, 6) is -2.33. The van der Waals surface area contributed by atoms with Gasteiger partial charge in [-0.05, 0) is 40.9 Å². The molecule has 2 atom stereocenters. The van der Waals surface area contributed by atoms with Crippen molar-refractivity contribution in [2.45, 2.75) is 12.8 Å². The summed E-state index contributed by atoms with van der Waals surface area (Å²) in [6.07, 6.45) is 4.56. The molecule has 0 heterocycles. The van der Waals surface area contributed by atoms with Gasteiger partial charge >= 0.3 is 5.97 Å². The molecule has 2 N–H and O–H groups in total. The molecule has 1 aromatic carbocycles. The number of anilines is 1. The number of allylic oxidation sites excluding steroid dienone is 2. The van der Waals surface area contributed by atoms with Crippen LogP contribution in [0.1, 0.15) is 12.8 Å². The Balaban J connectivity index is 2.13. The zero-order chi connectivity index (χ0) is 13.8. The fourth-order valence-corrected chi connectivity index (χ4v) is 2.55. The highest BCUT2D eigenvalue weighted by atomic mass is 79.9. The van der Waals surface area contributed by atoms with Crippen LogP contribution in [-0.4, -0.2) is 17.0 Å². The predicted molar refractivity (Wildman–Crippen MR) is 75.8 cm³/mol. The van der Waals surface area contributed by atoms with Gasteiger partial charge in [0.05, 0.1) is 17.5 Å². The lowest BCUT2D eigenvalue weighted by Gasteiger charge is -2.24. The minimum Gasteiger partial charge on any atom is -0.481 e. The van der Waals surface area contributed by atoms with Crippen molar-refractivity contribution < 1.29 is 14.7 Å². The molecule has 0 bridgehead atoms. The van der Waals surface area contributed by atoms with Gasteiger partial charge in [0, 0.05) is 4.47 Å². The minimum absolute atomic E-state index is 0.247. The van der Waals surface area contributed by atoms with Gasteiger partial charge in [-0.15, -0.1) is 0 Å². The molecular formula is C14H14BrNO3. The summed E-state index contributed by atoms with van der Waals surface area (Å²) < 4.78 is 0.779. The number of rotatable bonds is 3. The van der Waals surface area contributed by atoms with Crippen molar-refractivity contribution in [1.29, 1.82) is 0 Å².